The van der Waals surface area contributed by atoms with Crippen LogP contribution in [0.4, 0.5) is 0 Å². The molecule has 1 aliphatic heterocycles. The van der Waals surface area contributed by atoms with Gasteiger partial charge in [0, 0.05) is 12.3 Å². The van der Waals surface area contributed by atoms with Crippen molar-refractivity contribution in [1.29, 1.82) is 0 Å². The molecule has 1 heterocycles. The van der Waals surface area contributed by atoms with E-state index in [1.807, 2.05) is 6.92 Å². The van der Waals surface area contributed by atoms with Crippen molar-refractivity contribution in [2.45, 2.75) is 25.6 Å². The summed E-state index contributed by atoms with van der Waals surface area (Å²) in [5.41, 5.74) is 0. The van der Waals surface area contributed by atoms with Crippen LogP contribution in [-0.2, 0) is 9.53 Å². The Kier molecular flexibility index (Phi) is 2.46. The summed E-state index contributed by atoms with van der Waals surface area (Å²) >= 11 is 0. The number of carbonyl (C=O) groups is 1. The minimum absolute atomic E-state index is 0.0469. The highest BCUT2D eigenvalue weighted by Gasteiger charge is 2.30. The molecule has 1 aliphatic rings. The Labute approximate surface area is 64.8 Å². The first-order valence-corrected chi connectivity index (χ1v) is 3.63. The maximum Gasteiger partial charge on any atom is 0.332 e. The van der Waals surface area contributed by atoms with Crippen LogP contribution in [0.5, 0.6) is 0 Å². The van der Waals surface area contributed by atoms with Gasteiger partial charge in [-0.2, -0.15) is 0 Å². The minimum Gasteiger partial charge on any atom is -0.479 e. The number of hydrogen-bond acceptors (Lipinski definition) is 3. The second-order valence-corrected chi connectivity index (χ2v) is 2.94. The van der Waals surface area contributed by atoms with Gasteiger partial charge in [-0.05, 0) is 0 Å². The van der Waals surface area contributed by atoms with Crippen molar-refractivity contribution in [1.82, 2.24) is 0 Å². The molecule has 4 nitrogen and oxygen atoms in total. The molecule has 3 atom stereocenters. The second kappa shape index (κ2) is 3.19. The Morgan fingerprint density at radius 3 is 2.73 bits per heavy atom. The summed E-state index contributed by atoms with van der Waals surface area (Å²) in [6.07, 6.45) is -1.15. The Balaban J connectivity index is 2.46. The molecule has 0 spiro atoms. The van der Waals surface area contributed by atoms with Crippen molar-refractivity contribution < 1.29 is 19.7 Å². The number of aliphatic hydroxyl groups excluding tert-OH is 1. The van der Waals surface area contributed by atoms with Gasteiger partial charge < -0.3 is 14.9 Å². The molecule has 1 fully saturated rings. The summed E-state index contributed by atoms with van der Waals surface area (Å²) in [7, 11) is 0. The maximum absolute atomic E-state index is 10.4. The van der Waals surface area contributed by atoms with Gasteiger partial charge >= 0.3 is 5.97 Å². The van der Waals surface area contributed by atoms with Crippen molar-refractivity contribution in [3.05, 3.63) is 0 Å². The number of ether oxygens (including phenoxy) is 1. The van der Waals surface area contributed by atoms with Crippen LogP contribution in [-0.4, -0.2) is 35.0 Å². The number of carboxylic acids is 1. The van der Waals surface area contributed by atoms with E-state index in [-0.39, 0.29) is 12.3 Å². The van der Waals surface area contributed by atoms with Crippen molar-refractivity contribution in [2.75, 3.05) is 6.61 Å². The summed E-state index contributed by atoms with van der Waals surface area (Å²) < 4.78 is 4.96. The van der Waals surface area contributed by atoms with E-state index in [4.69, 9.17) is 9.84 Å². The number of carboxylic acid groups (broad SMARTS) is 1. The number of rotatable bonds is 1. The molecule has 4 heteroatoms. The molecule has 0 bridgehead atoms. The lowest BCUT2D eigenvalue weighted by Gasteiger charge is -2.28. The molecule has 1 saturated heterocycles. The summed E-state index contributed by atoms with van der Waals surface area (Å²) in [6.45, 7) is 2.17. The van der Waals surface area contributed by atoms with Crippen molar-refractivity contribution in [3.8, 4) is 0 Å². The lowest BCUT2D eigenvalue weighted by Crippen LogP contribution is -2.39. The zero-order valence-electron chi connectivity index (χ0n) is 6.36. The Bertz CT molecular complexity index is 157. The van der Waals surface area contributed by atoms with E-state index in [1.165, 1.54) is 0 Å². The number of aliphatic carboxylic acids is 1. The molecule has 2 unspecified atom stereocenters. The van der Waals surface area contributed by atoms with Crippen molar-refractivity contribution >= 4 is 5.97 Å². The third-order valence-electron chi connectivity index (χ3n) is 1.95. The highest BCUT2D eigenvalue weighted by molar-refractivity contribution is 5.72. The third kappa shape index (κ3) is 1.91. The molecule has 0 aromatic carbocycles. The predicted molar refractivity (Wildman–Crippen MR) is 37.2 cm³/mol. The summed E-state index contributed by atoms with van der Waals surface area (Å²) in [4.78, 5) is 10.4. The average Bonchev–Trinajstić information content (AvgIpc) is 1.94. The van der Waals surface area contributed by atoms with Crippen LogP contribution in [0.2, 0.25) is 0 Å². The first-order valence-electron chi connectivity index (χ1n) is 3.63. The highest BCUT2D eigenvalue weighted by Crippen LogP contribution is 2.18. The molecule has 64 valence electrons. The van der Waals surface area contributed by atoms with Gasteiger partial charge in [0.25, 0.3) is 0 Å². The average molecular weight is 160 g/mol. The first-order chi connectivity index (χ1) is 5.11. The van der Waals surface area contributed by atoms with Crippen LogP contribution >= 0.6 is 0 Å². The Morgan fingerprint density at radius 1 is 1.64 bits per heavy atom. The Morgan fingerprint density at radius 2 is 2.27 bits per heavy atom. The zero-order chi connectivity index (χ0) is 8.43. The fraction of sp³-hybridized carbons (Fsp3) is 0.857. The SMILES string of the molecule is CC1COC(C(=O)O)C[C@@H]1O. The monoisotopic (exact) mass is 160 g/mol. The molecule has 0 radical (unpaired) electrons. The highest BCUT2D eigenvalue weighted by atomic mass is 16.5. The van der Waals surface area contributed by atoms with Crippen LogP contribution in [0.3, 0.4) is 0 Å². The van der Waals surface area contributed by atoms with Gasteiger partial charge in [0.05, 0.1) is 12.7 Å². The molecule has 0 aromatic rings. The quantitative estimate of drug-likeness (QED) is 0.560. The molecule has 11 heavy (non-hydrogen) atoms. The largest absolute Gasteiger partial charge is 0.479 e. The van der Waals surface area contributed by atoms with E-state index in [2.05, 4.69) is 0 Å². The van der Waals surface area contributed by atoms with Crippen molar-refractivity contribution in [2.24, 2.45) is 5.92 Å². The molecule has 0 aromatic heterocycles. The van der Waals surface area contributed by atoms with Crippen LogP contribution < -0.4 is 0 Å². The van der Waals surface area contributed by atoms with E-state index in [9.17, 15) is 9.90 Å². The van der Waals surface area contributed by atoms with Gasteiger partial charge in [-0.3, -0.25) is 0 Å². The molecule has 0 amide bonds. The van der Waals surface area contributed by atoms with E-state index < -0.39 is 18.2 Å². The van der Waals surface area contributed by atoms with Gasteiger partial charge in [0.15, 0.2) is 6.10 Å². The fourth-order valence-corrected chi connectivity index (χ4v) is 1.07. The molecule has 1 rings (SSSR count). The molecule has 2 N–H and O–H groups in total. The van der Waals surface area contributed by atoms with Gasteiger partial charge in [-0.25, -0.2) is 4.79 Å². The topological polar surface area (TPSA) is 66.8 Å². The molecule has 0 saturated carbocycles. The number of aliphatic hydroxyl groups is 1. The van der Waals surface area contributed by atoms with Gasteiger partial charge in [-0.15, -0.1) is 0 Å². The molecular weight excluding hydrogens is 148 g/mol. The molecular formula is C7H12O4. The third-order valence-corrected chi connectivity index (χ3v) is 1.95. The maximum atomic E-state index is 10.4. The Hall–Kier alpha value is -0.610. The van der Waals surface area contributed by atoms with Crippen molar-refractivity contribution in [3.63, 3.8) is 0 Å². The van der Waals surface area contributed by atoms with Gasteiger partial charge in [-0.1, -0.05) is 6.92 Å². The van der Waals surface area contributed by atoms with Crippen LogP contribution in [0, 0.1) is 5.92 Å². The van der Waals surface area contributed by atoms with E-state index in [0.717, 1.165) is 0 Å². The summed E-state index contributed by atoms with van der Waals surface area (Å²) in [6, 6.07) is 0. The van der Waals surface area contributed by atoms with E-state index >= 15 is 0 Å². The number of hydrogen-bond donors (Lipinski definition) is 2. The van der Waals surface area contributed by atoms with Gasteiger partial charge in [0.2, 0.25) is 0 Å². The lowest BCUT2D eigenvalue weighted by molar-refractivity contribution is -0.161. The second-order valence-electron chi connectivity index (χ2n) is 2.94. The zero-order valence-corrected chi connectivity index (χ0v) is 6.36. The van der Waals surface area contributed by atoms with E-state index in [1.54, 1.807) is 0 Å². The predicted octanol–water partition coefficient (Wildman–Crippen LogP) is -0.143. The van der Waals surface area contributed by atoms with E-state index in [0.29, 0.717) is 6.61 Å². The fourth-order valence-electron chi connectivity index (χ4n) is 1.07. The summed E-state index contributed by atoms with van der Waals surface area (Å²) in [5.74, 6) is -0.943. The van der Waals surface area contributed by atoms with Crippen LogP contribution in [0.1, 0.15) is 13.3 Å². The smallest absolute Gasteiger partial charge is 0.332 e. The standard InChI is InChI=1S/C7H12O4/c1-4-3-11-6(7(9)10)2-5(4)8/h4-6,8H,2-3H2,1H3,(H,9,10)/t4?,5-,6?/m0/s1. The summed E-state index contributed by atoms with van der Waals surface area (Å²) in [5, 5.41) is 17.8. The lowest BCUT2D eigenvalue weighted by atomic mass is 9.97. The van der Waals surface area contributed by atoms with Crippen LogP contribution in [0.25, 0.3) is 0 Å². The normalized spacial score (nSPS) is 38.5. The van der Waals surface area contributed by atoms with Crippen LogP contribution in [0.15, 0.2) is 0 Å². The minimum atomic E-state index is -0.990. The first kappa shape index (κ1) is 8.49. The van der Waals surface area contributed by atoms with Gasteiger partial charge in [0.1, 0.15) is 0 Å². The molecule has 0 aliphatic carbocycles.